The van der Waals surface area contributed by atoms with Gasteiger partial charge in [0.15, 0.2) is 5.82 Å². The van der Waals surface area contributed by atoms with Crippen LogP contribution in [-0.4, -0.2) is 17.3 Å². The monoisotopic (exact) mass is 339 g/mol. The summed E-state index contributed by atoms with van der Waals surface area (Å²) >= 11 is 0. The molecule has 1 aliphatic rings. The lowest BCUT2D eigenvalue weighted by molar-refractivity contribution is 0.0307. The van der Waals surface area contributed by atoms with Gasteiger partial charge in [-0.1, -0.05) is 17.3 Å². The van der Waals surface area contributed by atoms with E-state index in [1.54, 1.807) is 7.11 Å². The van der Waals surface area contributed by atoms with Gasteiger partial charge >= 0.3 is 0 Å². The second kappa shape index (κ2) is 7.29. The number of hydrogen-bond donors (Lipinski definition) is 1. The number of ether oxygens (including phenoxy) is 2. The zero-order valence-corrected chi connectivity index (χ0v) is 14.1. The van der Waals surface area contributed by atoms with E-state index in [1.807, 2.05) is 31.2 Å². The Morgan fingerprint density at radius 1 is 1.39 bits per heavy atom. The third-order valence-corrected chi connectivity index (χ3v) is 4.11. The van der Waals surface area contributed by atoms with Crippen molar-refractivity contribution < 1.29 is 14.0 Å². The van der Waals surface area contributed by atoms with Crippen LogP contribution in [0.1, 0.15) is 49.6 Å². The molecule has 0 amide bonds. The normalized spacial score (nSPS) is 17.0. The molecule has 1 unspecified atom stereocenters. The highest BCUT2D eigenvalue weighted by Crippen LogP contribution is 2.37. The van der Waals surface area contributed by atoms with Crippen molar-refractivity contribution in [1.82, 2.24) is 10.1 Å². The quantitative estimate of drug-likeness (QED) is 0.870. The Morgan fingerprint density at radius 2 is 2.17 bits per heavy atom. The molecule has 1 heterocycles. The highest BCUT2D eigenvalue weighted by molar-refractivity contribution is 5.85. The molecule has 0 bridgehead atoms. The van der Waals surface area contributed by atoms with Gasteiger partial charge in [-0.2, -0.15) is 4.98 Å². The van der Waals surface area contributed by atoms with Gasteiger partial charge in [-0.05, 0) is 43.9 Å². The van der Waals surface area contributed by atoms with Crippen LogP contribution in [0.15, 0.2) is 28.8 Å². The lowest BCUT2D eigenvalue weighted by atomic mass is 9.77. The van der Waals surface area contributed by atoms with E-state index in [9.17, 15) is 0 Å². The van der Waals surface area contributed by atoms with Crippen molar-refractivity contribution >= 4 is 12.4 Å². The number of halogens is 1. The number of nitrogens with two attached hydrogens (primary N) is 1. The van der Waals surface area contributed by atoms with E-state index in [4.69, 9.17) is 19.7 Å². The molecular weight excluding hydrogens is 318 g/mol. The van der Waals surface area contributed by atoms with E-state index in [2.05, 4.69) is 10.1 Å². The number of nitrogens with zero attached hydrogens (tertiary/aromatic N) is 2. The molecule has 0 saturated heterocycles. The van der Waals surface area contributed by atoms with Crippen molar-refractivity contribution in [2.24, 2.45) is 5.73 Å². The van der Waals surface area contributed by atoms with E-state index in [-0.39, 0.29) is 18.5 Å². The lowest BCUT2D eigenvalue weighted by Gasteiger charge is -2.34. The molecule has 126 valence electrons. The minimum atomic E-state index is -0.408. The SMILES string of the molecule is COc1cccc(COC(C)c2nc(C3(N)CCC3)no2)c1.Cl. The van der Waals surface area contributed by atoms with Crippen LogP contribution >= 0.6 is 12.4 Å². The van der Waals surface area contributed by atoms with Gasteiger partial charge in [-0.25, -0.2) is 0 Å². The summed E-state index contributed by atoms with van der Waals surface area (Å²) in [5, 5.41) is 4.00. The second-order valence-corrected chi connectivity index (χ2v) is 5.77. The predicted molar refractivity (Wildman–Crippen MR) is 87.5 cm³/mol. The average Bonchev–Trinajstić information content (AvgIpc) is 3.01. The first-order valence-electron chi connectivity index (χ1n) is 7.48. The molecule has 7 heteroatoms. The van der Waals surface area contributed by atoms with Gasteiger partial charge in [0.2, 0.25) is 0 Å². The standard InChI is InChI=1S/C16H21N3O3.ClH/c1-11(21-10-12-5-3-6-13(9-12)20-2)14-18-15(19-22-14)16(17)7-4-8-16;/h3,5-6,9,11H,4,7-8,10,17H2,1-2H3;1H. The Hall–Kier alpha value is -1.63. The van der Waals surface area contributed by atoms with Crippen LogP contribution in [0.25, 0.3) is 0 Å². The molecule has 1 fully saturated rings. The number of aromatic nitrogens is 2. The summed E-state index contributed by atoms with van der Waals surface area (Å²) in [6.45, 7) is 2.34. The molecule has 1 aliphatic carbocycles. The van der Waals surface area contributed by atoms with E-state index in [0.29, 0.717) is 18.3 Å². The van der Waals surface area contributed by atoms with Crippen LogP contribution < -0.4 is 10.5 Å². The van der Waals surface area contributed by atoms with Crippen LogP contribution in [0, 0.1) is 0 Å². The number of hydrogen-bond acceptors (Lipinski definition) is 6. The molecule has 2 N–H and O–H groups in total. The van der Waals surface area contributed by atoms with Crippen molar-refractivity contribution in [3.05, 3.63) is 41.5 Å². The van der Waals surface area contributed by atoms with Gasteiger partial charge in [-0.15, -0.1) is 12.4 Å². The number of rotatable bonds is 6. The van der Waals surface area contributed by atoms with Crippen LogP contribution in [0.3, 0.4) is 0 Å². The summed E-state index contributed by atoms with van der Waals surface area (Å²) in [4.78, 5) is 4.40. The smallest absolute Gasteiger partial charge is 0.255 e. The molecule has 1 saturated carbocycles. The van der Waals surface area contributed by atoms with Gasteiger partial charge in [0.05, 0.1) is 19.3 Å². The maximum atomic E-state index is 6.19. The molecule has 23 heavy (non-hydrogen) atoms. The first-order valence-corrected chi connectivity index (χ1v) is 7.48. The highest BCUT2D eigenvalue weighted by atomic mass is 35.5. The maximum absolute atomic E-state index is 6.19. The van der Waals surface area contributed by atoms with Gasteiger partial charge in [0.25, 0.3) is 5.89 Å². The Morgan fingerprint density at radius 3 is 2.83 bits per heavy atom. The molecule has 2 aromatic rings. The third kappa shape index (κ3) is 3.83. The molecule has 3 rings (SSSR count). The Labute approximate surface area is 141 Å². The van der Waals surface area contributed by atoms with Crippen LogP contribution in [-0.2, 0) is 16.9 Å². The first-order chi connectivity index (χ1) is 10.6. The van der Waals surface area contributed by atoms with E-state index in [1.165, 1.54) is 0 Å². The van der Waals surface area contributed by atoms with Crippen LogP contribution in [0.4, 0.5) is 0 Å². The zero-order valence-electron chi connectivity index (χ0n) is 13.3. The minimum absolute atomic E-state index is 0. The number of benzene rings is 1. The molecule has 1 aromatic heterocycles. The molecular formula is C16H22ClN3O3. The Balaban J connectivity index is 0.00000192. The fourth-order valence-electron chi connectivity index (χ4n) is 2.44. The minimum Gasteiger partial charge on any atom is -0.497 e. The summed E-state index contributed by atoms with van der Waals surface area (Å²) < 4.78 is 16.3. The molecule has 0 aliphatic heterocycles. The Bertz CT molecular complexity index is 643. The zero-order chi connectivity index (χ0) is 15.6. The maximum Gasteiger partial charge on any atom is 0.255 e. The number of methoxy groups -OCH3 is 1. The van der Waals surface area contributed by atoms with Gasteiger partial charge in [-0.3, -0.25) is 0 Å². The fourth-order valence-corrected chi connectivity index (χ4v) is 2.44. The molecule has 6 nitrogen and oxygen atoms in total. The summed E-state index contributed by atoms with van der Waals surface area (Å²) in [5.41, 5.74) is 6.81. The molecule has 0 spiro atoms. The predicted octanol–water partition coefficient (Wildman–Crippen LogP) is 3.12. The van der Waals surface area contributed by atoms with Crippen molar-refractivity contribution in [2.45, 2.75) is 44.4 Å². The van der Waals surface area contributed by atoms with Crippen LogP contribution in [0.5, 0.6) is 5.75 Å². The fraction of sp³-hybridized carbons (Fsp3) is 0.500. The van der Waals surface area contributed by atoms with Gasteiger partial charge < -0.3 is 19.7 Å². The molecule has 1 atom stereocenters. The van der Waals surface area contributed by atoms with E-state index < -0.39 is 5.54 Å². The van der Waals surface area contributed by atoms with Gasteiger partial charge in [0, 0.05) is 0 Å². The van der Waals surface area contributed by atoms with Gasteiger partial charge in [0.1, 0.15) is 11.9 Å². The van der Waals surface area contributed by atoms with Crippen molar-refractivity contribution in [3.8, 4) is 5.75 Å². The van der Waals surface area contributed by atoms with Crippen molar-refractivity contribution in [1.29, 1.82) is 0 Å². The van der Waals surface area contributed by atoms with Crippen molar-refractivity contribution in [3.63, 3.8) is 0 Å². The third-order valence-electron chi connectivity index (χ3n) is 4.11. The topological polar surface area (TPSA) is 83.4 Å². The summed E-state index contributed by atoms with van der Waals surface area (Å²) in [5.74, 6) is 1.86. The second-order valence-electron chi connectivity index (χ2n) is 5.77. The summed E-state index contributed by atoms with van der Waals surface area (Å²) in [6.07, 6.45) is 2.65. The molecule has 1 aromatic carbocycles. The highest BCUT2D eigenvalue weighted by Gasteiger charge is 2.39. The van der Waals surface area contributed by atoms with Crippen LogP contribution in [0.2, 0.25) is 0 Å². The largest absolute Gasteiger partial charge is 0.497 e. The van der Waals surface area contributed by atoms with Crippen molar-refractivity contribution in [2.75, 3.05) is 7.11 Å². The van der Waals surface area contributed by atoms with E-state index >= 15 is 0 Å². The Kier molecular flexibility index (Phi) is 5.62. The lowest BCUT2D eigenvalue weighted by Crippen LogP contribution is -2.44. The first kappa shape index (κ1) is 17.7. The summed E-state index contributed by atoms with van der Waals surface area (Å²) in [7, 11) is 1.64. The summed E-state index contributed by atoms with van der Waals surface area (Å²) in [6, 6.07) is 7.76. The molecule has 0 radical (unpaired) electrons. The van der Waals surface area contributed by atoms with E-state index in [0.717, 1.165) is 30.6 Å². The average molecular weight is 340 g/mol.